The lowest BCUT2D eigenvalue weighted by molar-refractivity contribution is -0.116. The standard InChI is InChI=1S/C21H25N3O2/c1-14(2)18-6-4-5-7-19(18)22-13-21(26)23-17-8-9-20-16(12-17)10-11-24(20)15(3)25/h4-9,12,14,22H,10-11,13H2,1-3H3,(H,23,26). The highest BCUT2D eigenvalue weighted by molar-refractivity contribution is 5.96. The minimum atomic E-state index is -0.0927. The summed E-state index contributed by atoms with van der Waals surface area (Å²) in [5.74, 6) is 0.348. The predicted octanol–water partition coefficient (Wildman–Crippen LogP) is 3.77. The maximum atomic E-state index is 12.3. The Bertz CT molecular complexity index is 830. The summed E-state index contributed by atoms with van der Waals surface area (Å²) in [6.45, 7) is 6.76. The Kier molecular flexibility index (Phi) is 5.26. The van der Waals surface area contributed by atoms with Crippen LogP contribution < -0.4 is 15.5 Å². The normalized spacial score (nSPS) is 12.8. The minimum Gasteiger partial charge on any atom is -0.376 e. The molecule has 26 heavy (non-hydrogen) atoms. The van der Waals surface area contributed by atoms with Gasteiger partial charge in [0.15, 0.2) is 0 Å². The van der Waals surface area contributed by atoms with Gasteiger partial charge >= 0.3 is 0 Å². The Morgan fingerprint density at radius 3 is 2.65 bits per heavy atom. The molecule has 0 atom stereocenters. The van der Waals surface area contributed by atoms with Crippen molar-refractivity contribution in [3.05, 3.63) is 53.6 Å². The van der Waals surface area contributed by atoms with Crippen molar-refractivity contribution in [2.24, 2.45) is 0 Å². The number of carbonyl (C=O) groups is 2. The van der Waals surface area contributed by atoms with Gasteiger partial charge in [-0.1, -0.05) is 32.0 Å². The number of anilines is 3. The molecule has 0 radical (unpaired) electrons. The molecule has 0 fully saturated rings. The summed E-state index contributed by atoms with van der Waals surface area (Å²) in [6.07, 6.45) is 0.818. The molecule has 1 heterocycles. The molecule has 0 aliphatic carbocycles. The third-order valence-electron chi connectivity index (χ3n) is 4.66. The topological polar surface area (TPSA) is 61.4 Å². The van der Waals surface area contributed by atoms with Crippen LogP contribution in [0.1, 0.15) is 37.8 Å². The molecule has 2 aromatic rings. The molecule has 5 heteroatoms. The van der Waals surface area contributed by atoms with Crippen LogP contribution in [0, 0.1) is 0 Å². The second kappa shape index (κ2) is 7.60. The predicted molar refractivity (Wildman–Crippen MR) is 106 cm³/mol. The van der Waals surface area contributed by atoms with E-state index in [1.807, 2.05) is 36.4 Å². The second-order valence-corrected chi connectivity index (χ2v) is 6.91. The molecule has 1 aliphatic heterocycles. The zero-order valence-electron chi connectivity index (χ0n) is 15.5. The maximum absolute atomic E-state index is 12.3. The van der Waals surface area contributed by atoms with Crippen LogP contribution in [0.4, 0.5) is 17.1 Å². The summed E-state index contributed by atoms with van der Waals surface area (Å²) >= 11 is 0. The first kappa shape index (κ1) is 18.0. The lowest BCUT2D eigenvalue weighted by atomic mass is 10.0. The van der Waals surface area contributed by atoms with Gasteiger partial charge in [-0.15, -0.1) is 0 Å². The number of carbonyl (C=O) groups excluding carboxylic acids is 2. The SMILES string of the molecule is CC(=O)N1CCc2cc(NC(=O)CNc3ccccc3C(C)C)ccc21. The molecule has 2 N–H and O–H groups in total. The fourth-order valence-electron chi connectivity index (χ4n) is 3.35. The Hall–Kier alpha value is -2.82. The lowest BCUT2D eigenvalue weighted by Gasteiger charge is -2.16. The quantitative estimate of drug-likeness (QED) is 0.862. The molecule has 2 aromatic carbocycles. The van der Waals surface area contributed by atoms with Crippen molar-refractivity contribution < 1.29 is 9.59 Å². The zero-order valence-corrected chi connectivity index (χ0v) is 15.5. The first-order valence-electron chi connectivity index (χ1n) is 8.99. The van der Waals surface area contributed by atoms with Crippen LogP contribution in [0.15, 0.2) is 42.5 Å². The van der Waals surface area contributed by atoms with E-state index in [-0.39, 0.29) is 18.4 Å². The van der Waals surface area contributed by atoms with Crippen molar-refractivity contribution in [3.8, 4) is 0 Å². The molecule has 0 saturated carbocycles. The summed E-state index contributed by atoms with van der Waals surface area (Å²) < 4.78 is 0. The number of benzene rings is 2. The number of nitrogens with one attached hydrogen (secondary N) is 2. The first-order chi connectivity index (χ1) is 12.5. The van der Waals surface area contributed by atoms with Crippen molar-refractivity contribution in [2.75, 3.05) is 28.6 Å². The Morgan fingerprint density at radius 2 is 1.92 bits per heavy atom. The number of hydrogen-bond acceptors (Lipinski definition) is 3. The molecular weight excluding hydrogens is 326 g/mol. The second-order valence-electron chi connectivity index (χ2n) is 6.91. The van der Waals surface area contributed by atoms with Gasteiger partial charge in [0, 0.05) is 30.5 Å². The average molecular weight is 351 g/mol. The number of rotatable bonds is 5. The van der Waals surface area contributed by atoms with Gasteiger partial charge in [-0.3, -0.25) is 9.59 Å². The van der Waals surface area contributed by atoms with Crippen molar-refractivity contribution in [1.29, 1.82) is 0 Å². The van der Waals surface area contributed by atoms with E-state index in [0.29, 0.717) is 12.5 Å². The zero-order chi connectivity index (χ0) is 18.7. The van der Waals surface area contributed by atoms with E-state index in [1.54, 1.807) is 11.8 Å². The Balaban J connectivity index is 1.62. The van der Waals surface area contributed by atoms with Gasteiger partial charge in [0.25, 0.3) is 0 Å². The van der Waals surface area contributed by atoms with Crippen LogP contribution in [0.25, 0.3) is 0 Å². The summed E-state index contributed by atoms with van der Waals surface area (Å²) in [7, 11) is 0. The van der Waals surface area contributed by atoms with Crippen LogP contribution in [-0.2, 0) is 16.0 Å². The minimum absolute atomic E-state index is 0.0496. The number of nitrogens with zero attached hydrogens (tertiary/aromatic N) is 1. The molecule has 136 valence electrons. The van der Waals surface area contributed by atoms with Gasteiger partial charge in [-0.25, -0.2) is 0 Å². The van der Waals surface area contributed by atoms with Gasteiger partial charge in [0.1, 0.15) is 0 Å². The molecule has 0 unspecified atom stereocenters. The molecule has 3 rings (SSSR count). The Labute approximate surface area is 154 Å². The number of amides is 2. The molecule has 0 saturated heterocycles. The van der Waals surface area contributed by atoms with Gasteiger partial charge in [0.05, 0.1) is 6.54 Å². The third-order valence-corrected chi connectivity index (χ3v) is 4.66. The van der Waals surface area contributed by atoms with Crippen molar-refractivity contribution in [3.63, 3.8) is 0 Å². The molecule has 2 amide bonds. The van der Waals surface area contributed by atoms with E-state index in [9.17, 15) is 9.59 Å². The van der Waals surface area contributed by atoms with E-state index in [4.69, 9.17) is 0 Å². The number of fused-ring (bicyclic) bond motifs is 1. The summed E-state index contributed by atoms with van der Waals surface area (Å²) in [5.41, 5.74) is 4.99. The molecule has 0 spiro atoms. The molecule has 1 aliphatic rings. The summed E-state index contributed by atoms with van der Waals surface area (Å²) in [5, 5.41) is 6.15. The van der Waals surface area contributed by atoms with E-state index in [2.05, 4.69) is 30.5 Å². The smallest absolute Gasteiger partial charge is 0.243 e. The van der Waals surface area contributed by atoms with E-state index < -0.39 is 0 Å². The largest absolute Gasteiger partial charge is 0.376 e. The van der Waals surface area contributed by atoms with Crippen LogP contribution >= 0.6 is 0 Å². The molecule has 5 nitrogen and oxygen atoms in total. The number of hydrogen-bond donors (Lipinski definition) is 2. The third kappa shape index (κ3) is 3.87. The van der Waals surface area contributed by atoms with Gasteiger partial charge < -0.3 is 15.5 Å². The van der Waals surface area contributed by atoms with Crippen molar-refractivity contribution in [1.82, 2.24) is 0 Å². The first-order valence-corrected chi connectivity index (χ1v) is 8.99. The highest BCUT2D eigenvalue weighted by atomic mass is 16.2. The van der Waals surface area contributed by atoms with E-state index >= 15 is 0 Å². The monoisotopic (exact) mass is 351 g/mol. The maximum Gasteiger partial charge on any atom is 0.243 e. The van der Waals surface area contributed by atoms with E-state index in [0.717, 1.165) is 29.0 Å². The average Bonchev–Trinajstić information content (AvgIpc) is 3.03. The van der Waals surface area contributed by atoms with Crippen LogP contribution in [0.2, 0.25) is 0 Å². The van der Waals surface area contributed by atoms with Crippen LogP contribution in [0.5, 0.6) is 0 Å². The highest BCUT2D eigenvalue weighted by Gasteiger charge is 2.22. The van der Waals surface area contributed by atoms with Gasteiger partial charge in [-0.2, -0.15) is 0 Å². The van der Waals surface area contributed by atoms with Gasteiger partial charge in [0.2, 0.25) is 11.8 Å². The Morgan fingerprint density at radius 1 is 1.15 bits per heavy atom. The molecular formula is C21H25N3O2. The van der Waals surface area contributed by atoms with Gasteiger partial charge in [-0.05, 0) is 47.7 Å². The highest BCUT2D eigenvalue weighted by Crippen LogP contribution is 2.30. The molecule has 0 aromatic heterocycles. The fourth-order valence-corrected chi connectivity index (χ4v) is 3.35. The van der Waals surface area contributed by atoms with Crippen LogP contribution in [-0.4, -0.2) is 24.9 Å². The molecule has 0 bridgehead atoms. The van der Waals surface area contributed by atoms with E-state index in [1.165, 1.54) is 5.56 Å². The van der Waals surface area contributed by atoms with Crippen LogP contribution in [0.3, 0.4) is 0 Å². The van der Waals surface area contributed by atoms with Crippen molar-refractivity contribution >= 4 is 28.9 Å². The fraction of sp³-hybridized carbons (Fsp3) is 0.333. The summed E-state index contributed by atoms with van der Waals surface area (Å²) in [6, 6.07) is 13.8. The van der Waals surface area contributed by atoms with Crippen molar-refractivity contribution in [2.45, 2.75) is 33.1 Å². The summed E-state index contributed by atoms with van der Waals surface area (Å²) in [4.78, 5) is 25.7. The lowest BCUT2D eigenvalue weighted by Crippen LogP contribution is -2.25. The number of para-hydroxylation sites is 1.